The van der Waals surface area contributed by atoms with E-state index < -0.39 is 23.0 Å². The quantitative estimate of drug-likeness (QED) is 0.551. The van der Waals surface area contributed by atoms with E-state index in [1.54, 1.807) is 9.80 Å². The topological polar surface area (TPSA) is 116 Å². The highest BCUT2D eigenvalue weighted by molar-refractivity contribution is 5.92. The third kappa shape index (κ3) is 2.82. The summed E-state index contributed by atoms with van der Waals surface area (Å²) in [6.45, 7) is 1.96. The van der Waals surface area contributed by atoms with Gasteiger partial charge in [0.2, 0.25) is 11.8 Å². The van der Waals surface area contributed by atoms with Gasteiger partial charge in [-0.15, -0.1) is 12.4 Å². The molecule has 1 spiro atoms. The first-order valence-electron chi connectivity index (χ1n) is 9.22. The average Bonchev–Trinajstić information content (AvgIpc) is 3.24. The van der Waals surface area contributed by atoms with E-state index in [1.807, 2.05) is 0 Å². The Hall–Kier alpha value is -0.930. The Bertz CT molecular complexity index is 583. The first-order valence-corrected chi connectivity index (χ1v) is 9.22. The van der Waals surface area contributed by atoms with Crippen LogP contribution in [-0.2, 0) is 14.3 Å². The smallest absolute Gasteiger partial charge is 0.229 e. The van der Waals surface area contributed by atoms with Crippen LogP contribution >= 0.6 is 12.4 Å². The standard InChI is InChI=1S/C17H27N3O5.ClH/c18-5-8-20-9-17-2-1-11(25-17)12(13(17)15(20)23)14(22)19-6-3-16(24,10-21)4-7-19;/h11-13,21,24H,1-10,18H2;1H/t11-,12-,13+,17-;/m0./s1. The van der Waals surface area contributed by atoms with Crippen LogP contribution in [0.1, 0.15) is 25.7 Å². The first-order chi connectivity index (χ1) is 11.9. The fourth-order valence-corrected chi connectivity index (χ4v) is 5.18. The number of hydrogen-bond acceptors (Lipinski definition) is 6. The van der Waals surface area contributed by atoms with E-state index in [9.17, 15) is 19.8 Å². The number of carbonyl (C=O) groups is 2. The van der Waals surface area contributed by atoms with Gasteiger partial charge in [0.15, 0.2) is 0 Å². The number of piperidine rings is 1. The normalized spacial score (nSPS) is 37.7. The molecule has 0 aromatic rings. The molecule has 0 aromatic carbocycles. The van der Waals surface area contributed by atoms with E-state index in [0.717, 1.165) is 12.8 Å². The van der Waals surface area contributed by atoms with Gasteiger partial charge in [-0.3, -0.25) is 9.59 Å². The van der Waals surface area contributed by atoms with Crippen LogP contribution in [0.15, 0.2) is 0 Å². The van der Waals surface area contributed by atoms with Crippen LogP contribution in [0.4, 0.5) is 0 Å². The molecular formula is C17H28ClN3O5. The summed E-state index contributed by atoms with van der Waals surface area (Å²) in [7, 11) is 0. The number of amides is 2. The van der Waals surface area contributed by atoms with Crippen molar-refractivity contribution in [3.63, 3.8) is 0 Å². The van der Waals surface area contributed by atoms with Crippen molar-refractivity contribution >= 4 is 24.2 Å². The Morgan fingerprint density at radius 2 is 2.00 bits per heavy atom. The molecular weight excluding hydrogens is 362 g/mol. The van der Waals surface area contributed by atoms with Gasteiger partial charge in [0.25, 0.3) is 0 Å². The van der Waals surface area contributed by atoms with Gasteiger partial charge in [0.05, 0.1) is 42.3 Å². The molecule has 148 valence electrons. The molecule has 4 fully saturated rings. The molecule has 4 atom stereocenters. The van der Waals surface area contributed by atoms with Gasteiger partial charge in [0.1, 0.15) is 0 Å². The molecule has 0 aromatic heterocycles. The summed E-state index contributed by atoms with van der Waals surface area (Å²) >= 11 is 0. The summed E-state index contributed by atoms with van der Waals surface area (Å²) in [6.07, 6.45) is 2.17. The predicted octanol–water partition coefficient (Wildman–Crippen LogP) is -1.28. The van der Waals surface area contributed by atoms with Crippen molar-refractivity contribution in [1.82, 2.24) is 9.80 Å². The van der Waals surface area contributed by atoms with Gasteiger partial charge in [-0.2, -0.15) is 0 Å². The molecule has 0 unspecified atom stereocenters. The van der Waals surface area contributed by atoms with E-state index in [1.165, 1.54) is 0 Å². The first kappa shape index (κ1) is 19.8. The number of nitrogens with zero attached hydrogens (tertiary/aromatic N) is 2. The minimum Gasteiger partial charge on any atom is -0.393 e. The van der Waals surface area contributed by atoms with Crippen molar-refractivity contribution in [1.29, 1.82) is 0 Å². The highest BCUT2D eigenvalue weighted by Gasteiger charge is 2.69. The highest BCUT2D eigenvalue weighted by Crippen LogP contribution is 2.55. The molecule has 26 heavy (non-hydrogen) atoms. The fourth-order valence-electron chi connectivity index (χ4n) is 5.18. The number of likely N-dealkylation sites (tertiary alicyclic amines) is 2. The lowest BCUT2D eigenvalue weighted by Crippen LogP contribution is -2.53. The number of fused-ring (bicyclic) bond motifs is 1. The third-order valence-corrected chi connectivity index (χ3v) is 6.59. The zero-order valence-electron chi connectivity index (χ0n) is 14.8. The lowest BCUT2D eigenvalue weighted by atomic mass is 9.72. The maximum Gasteiger partial charge on any atom is 0.229 e. The zero-order valence-corrected chi connectivity index (χ0v) is 15.6. The number of carbonyl (C=O) groups excluding carboxylic acids is 2. The Kier molecular flexibility index (Phi) is 5.26. The average molecular weight is 390 g/mol. The molecule has 4 rings (SSSR count). The van der Waals surface area contributed by atoms with Crippen molar-refractivity contribution in [2.24, 2.45) is 17.6 Å². The third-order valence-electron chi connectivity index (χ3n) is 6.59. The maximum absolute atomic E-state index is 13.1. The summed E-state index contributed by atoms with van der Waals surface area (Å²) in [5.41, 5.74) is 4.00. The molecule has 4 saturated heterocycles. The van der Waals surface area contributed by atoms with Crippen molar-refractivity contribution in [3.05, 3.63) is 0 Å². The lowest BCUT2D eigenvalue weighted by Gasteiger charge is -2.39. The Balaban J connectivity index is 0.00000196. The molecule has 0 radical (unpaired) electrons. The van der Waals surface area contributed by atoms with Crippen molar-refractivity contribution in [2.45, 2.75) is 43.0 Å². The number of aliphatic hydroxyl groups excluding tert-OH is 1. The second kappa shape index (κ2) is 6.91. The van der Waals surface area contributed by atoms with Crippen molar-refractivity contribution in [2.75, 3.05) is 39.3 Å². The van der Waals surface area contributed by atoms with Gasteiger partial charge in [-0.1, -0.05) is 0 Å². The minimum atomic E-state index is -1.09. The number of hydrogen-bond donors (Lipinski definition) is 3. The molecule has 2 amide bonds. The number of nitrogens with two attached hydrogens (primary N) is 1. The van der Waals surface area contributed by atoms with Crippen LogP contribution in [0, 0.1) is 11.8 Å². The second-order valence-electron chi connectivity index (χ2n) is 8.02. The van der Waals surface area contributed by atoms with Crippen molar-refractivity contribution in [3.8, 4) is 0 Å². The van der Waals surface area contributed by atoms with Gasteiger partial charge < -0.3 is 30.5 Å². The summed E-state index contributed by atoms with van der Waals surface area (Å²) in [5, 5.41) is 19.4. The Labute approximate surface area is 159 Å². The molecule has 4 aliphatic heterocycles. The molecule has 4 aliphatic rings. The van der Waals surface area contributed by atoms with E-state index in [2.05, 4.69) is 0 Å². The number of halogens is 1. The molecule has 4 N–H and O–H groups in total. The SMILES string of the molecule is Cl.NCCN1C[C@]23CC[C@H](O2)[C@H](C(=O)N2CCC(O)(CO)CC2)[C@@H]3C1=O. The van der Waals surface area contributed by atoms with Crippen LogP contribution in [0.25, 0.3) is 0 Å². The minimum absolute atomic E-state index is 0. The molecule has 9 heteroatoms. The fraction of sp³-hybridized carbons (Fsp3) is 0.882. The molecule has 0 aliphatic carbocycles. The van der Waals surface area contributed by atoms with E-state index >= 15 is 0 Å². The molecule has 0 saturated carbocycles. The zero-order chi connectivity index (χ0) is 17.8. The van der Waals surface area contributed by atoms with Crippen LogP contribution < -0.4 is 5.73 Å². The number of aliphatic hydroxyl groups is 2. The van der Waals surface area contributed by atoms with Gasteiger partial charge >= 0.3 is 0 Å². The van der Waals surface area contributed by atoms with E-state index in [-0.39, 0.29) is 36.9 Å². The second-order valence-corrected chi connectivity index (χ2v) is 8.02. The van der Waals surface area contributed by atoms with Crippen LogP contribution in [0.5, 0.6) is 0 Å². The number of rotatable bonds is 4. The van der Waals surface area contributed by atoms with Crippen LogP contribution in [-0.4, -0.2) is 88.5 Å². The Morgan fingerprint density at radius 1 is 1.31 bits per heavy atom. The van der Waals surface area contributed by atoms with Crippen molar-refractivity contribution < 1.29 is 24.5 Å². The summed E-state index contributed by atoms with van der Waals surface area (Å²) in [4.78, 5) is 29.5. The summed E-state index contributed by atoms with van der Waals surface area (Å²) < 4.78 is 6.18. The molecule has 8 nitrogen and oxygen atoms in total. The highest BCUT2D eigenvalue weighted by atomic mass is 35.5. The summed E-state index contributed by atoms with van der Waals surface area (Å²) in [6, 6.07) is 0. The van der Waals surface area contributed by atoms with E-state index in [4.69, 9.17) is 10.5 Å². The lowest BCUT2D eigenvalue weighted by molar-refractivity contribution is -0.148. The monoisotopic (exact) mass is 389 g/mol. The maximum atomic E-state index is 13.1. The Morgan fingerprint density at radius 3 is 2.62 bits per heavy atom. The molecule has 4 heterocycles. The number of ether oxygens (including phenoxy) is 1. The van der Waals surface area contributed by atoms with Gasteiger partial charge in [-0.25, -0.2) is 0 Å². The predicted molar refractivity (Wildman–Crippen MR) is 94.6 cm³/mol. The van der Waals surface area contributed by atoms with Gasteiger partial charge in [-0.05, 0) is 25.7 Å². The molecule has 2 bridgehead atoms. The van der Waals surface area contributed by atoms with Crippen LogP contribution in [0.3, 0.4) is 0 Å². The van der Waals surface area contributed by atoms with E-state index in [0.29, 0.717) is 45.6 Å². The van der Waals surface area contributed by atoms with Crippen LogP contribution in [0.2, 0.25) is 0 Å². The largest absolute Gasteiger partial charge is 0.393 e. The van der Waals surface area contributed by atoms with Gasteiger partial charge in [0, 0.05) is 26.2 Å². The summed E-state index contributed by atoms with van der Waals surface area (Å²) in [5.74, 6) is -0.873.